The SMILES string of the molecule is CCc1nn(CC)c(CC(NN)C2(C)CCCC2)c1Cl. The predicted octanol–water partition coefficient (Wildman–Crippen LogP) is 3.07. The molecule has 20 heavy (non-hydrogen) atoms. The highest BCUT2D eigenvalue weighted by Gasteiger charge is 2.37. The van der Waals surface area contributed by atoms with Crippen molar-refractivity contribution in [1.82, 2.24) is 15.2 Å². The summed E-state index contributed by atoms with van der Waals surface area (Å²) in [6.07, 6.45) is 6.80. The zero-order valence-corrected chi connectivity index (χ0v) is 13.6. The van der Waals surface area contributed by atoms with Gasteiger partial charge in [-0.25, -0.2) is 0 Å². The predicted molar refractivity (Wildman–Crippen MR) is 83.7 cm³/mol. The zero-order chi connectivity index (χ0) is 14.8. The Kier molecular flexibility index (Phi) is 5.10. The Morgan fingerprint density at radius 1 is 1.40 bits per heavy atom. The molecule has 1 atom stereocenters. The first-order valence-corrected chi connectivity index (χ1v) is 8.13. The van der Waals surface area contributed by atoms with Crippen molar-refractivity contribution in [2.24, 2.45) is 11.3 Å². The lowest BCUT2D eigenvalue weighted by atomic mass is 9.79. The highest BCUT2D eigenvalue weighted by molar-refractivity contribution is 6.31. The third-order valence-corrected chi connectivity index (χ3v) is 5.32. The molecule has 1 heterocycles. The highest BCUT2D eigenvalue weighted by atomic mass is 35.5. The molecular formula is C15H27ClN4. The van der Waals surface area contributed by atoms with Gasteiger partial charge in [-0.3, -0.25) is 16.0 Å². The molecule has 0 radical (unpaired) electrons. The minimum absolute atomic E-state index is 0.259. The summed E-state index contributed by atoms with van der Waals surface area (Å²) in [6, 6.07) is 0.259. The molecule has 1 aromatic heterocycles. The van der Waals surface area contributed by atoms with E-state index in [1.165, 1.54) is 25.7 Å². The third-order valence-electron chi connectivity index (χ3n) is 4.88. The van der Waals surface area contributed by atoms with E-state index in [2.05, 4.69) is 31.3 Å². The second-order valence-electron chi connectivity index (χ2n) is 6.16. The third kappa shape index (κ3) is 2.87. The fourth-order valence-electron chi connectivity index (χ4n) is 3.44. The van der Waals surface area contributed by atoms with Crippen LogP contribution in [0.4, 0.5) is 0 Å². The lowest BCUT2D eigenvalue weighted by Crippen LogP contribution is -2.47. The standard InChI is InChI=1S/C15H27ClN4/c1-4-11-14(16)12(20(5-2)19-11)10-13(18-17)15(3)8-6-7-9-15/h13,18H,4-10,17H2,1-3H3. The van der Waals surface area contributed by atoms with Crippen molar-refractivity contribution in [2.75, 3.05) is 0 Å². The fraction of sp³-hybridized carbons (Fsp3) is 0.800. The van der Waals surface area contributed by atoms with E-state index in [9.17, 15) is 0 Å². The van der Waals surface area contributed by atoms with Gasteiger partial charge in [0.25, 0.3) is 0 Å². The van der Waals surface area contributed by atoms with Gasteiger partial charge in [0.15, 0.2) is 0 Å². The van der Waals surface area contributed by atoms with Gasteiger partial charge in [-0.1, -0.05) is 38.3 Å². The molecule has 0 amide bonds. The summed E-state index contributed by atoms with van der Waals surface area (Å²) in [4.78, 5) is 0. The largest absolute Gasteiger partial charge is 0.271 e. The van der Waals surface area contributed by atoms with E-state index in [0.717, 1.165) is 35.8 Å². The van der Waals surface area contributed by atoms with Crippen molar-refractivity contribution in [2.45, 2.75) is 71.9 Å². The van der Waals surface area contributed by atoms with E-state index in [-0.39, 0.29) is 11.5 Å². The van der Waals surface area contributed by atoms with Crippen molar-refractivity contribution in [3.8, 4) is 0 Å². The minimum atomic E-state index is 0.259. The topological polar surface area (TPSA) is 55.9 Å². The number of nitrogens with two attached hydrogens (primary N) is 1. The molecule has 5 heteroatoms. The molecule has 0 spiro atoms. The Morgan fingerprint density at radius 2 is 2.05 bits per heavy atom. The molecule has 3 N–H and O–H groups in total. The van der Waals surface area contributed by atoms with E-state index >= 15 is 0 Å². The molecule has 1 aliphatic rings. The van der Waals surface area contributed by atoms with Crippen LogP contribution in [-0.4, -0.2) is 15.8 Å². The molecular weight excluding hydrogens is 272 g/mol. The second-order valence-corrected chi connectivity index (χ2v) is 6.54. The average molecular weight is 299 g/mol. The van der Waals surface area contributed by atoms with E-state index in [4.69, 9.17) is 17.4 Å². The van der Waals surface area contributed by atoms with Crippen molar-refractivity contribution >= 4 is 11.6 Å². The summed E-state index contributed by atoms with van der Waals surface area (Å²) in [5, 5.41) is 5.43. The summed E-state index contributed by atoms with van der Waals surface area (Å²) < 4.78 is 2.03. The van der Waals surface area contributed by atoms with Crippen LogP contribution in [0.2, 0.25) is 5.02 Å². The van der Waals surface area contributed by atoms with Gasteiger partial charge in [0.05, 0.1) is 16.4 Å². The first kappa shape index (κ1) is 15.8. The molecule has 1 aliphatic carbocycles. The smallest absolute Gasteiger partial charge is 0.0850 e. The van der Waals surface area contributed by atoms with Gasteiger partial charge in [0.2, 0.25) is 0 Å². The van der Waals surface area contributed by atoms with Crippen LogP contribution < -0.4 is 11.3 Å². The molecule has 0 bridgehead atoms. The Bertz CT molecular complexity index is 449. The summed E-state index contributed by atoms with van der Waals surface area (Å²) >= 11 is 6.51. The van der Waals surface area contributed by atoms with E-state index in [1.54, 1.807) is 0 Å². The number of aromatic nitrogens is 2. The van der Waals surface area contributed by atoms with Crippen LogP contribution in [0.25, 0.3) is 0 Å². The van der Waals surface area contributed by atoms with Crippen LogP contribution in [0.3, 0.4) is 0 Å². The quantitative estimate of drug-likeness (QED) is 0.627. The van der Waals surface area contributed by atoms with Crippen LogP contribution in [0, 0.1) is 5.41 Å². The van der Waals surface area contributed by atoms with Crippen LogP contribution in [0.15, 0.2) is 0 Å². The van der Waals surface area contributed by atoms with Crippen LogP contribution in [0.1, 0.15) is 57.8 Å². The fourth-order valence-corrected chi connectivity index (χ4v) is 3.79. The maximum atomic E-state index is 6.51. The zero-order valence-electron chi connectivity index (χ0n) is 12.9. The van der Waals surface area contributed by atoms with Crippen molar-refractivity contribution in [3.63, 3.8) is 0 Å². The number of nitrogens with zero attached hydrogens (tertiary/aromatic N) is 2. The monoisotopic (exact) mass is 298 g/mol. The van der Waals surface area contributed by atoms with Gasteiger partial charge in [-0.05, 0) is 31.6 Å². The number of hydrazine groups is 1. The number of hydrogen-bond acceptors (Lipinski definition) is 3. The van der Waals surface area contributed by atoms with Gasteiger partial charge in [-0.2, -0.15) is 5.10 Å². The Morgan fingerprint density at radius 3 is 2.55 bits per heavy atom. The minimum Gasteiger partial charge on any atom is -0.271 e. The maximum absolute atomic E-state index is 6.51. The molecule has 1 fully saturated rings. The first-order chi connectivity index (χ1) is 9.55. The molecule has 0 aliphatic heterocycles. The maximum Gasteiger partial charge on any atom is 0.0850 e. The Hall–Kier alpha value is -0.580. The lowest BCUT2D eigenvalue weighted by molar-refractivity contribution is 0.218. The Labute approximate surface area is 127 Å². The first-order valence-electron chi connectivity index (χ1n) is 7.76. The molecule has 1 unspecified atom stereocenters. The van der Waals surface area contributed by atoms with Gasteiger partial charge >= 0.3 is 0 Å². The van der Waals surface area contributed by atoms with E-state index in [1.807, 2.05) is 4.68 Å². The second kappa shape index (κ2) is 6.46. The summed E-state index contributed by atoms with van der Waals surface area (Å²) in [5.41, 5.74) is 5.43. The number of rotatable bonds is 6. The molecule has 1 saturated carbocycles. The summed E-state index contributed by atoms with van der Waals surface area (Å²) in [7, 11) is 0. The molecule has 0 aromatic carbocycles. The molecule has 4 nitrogen and oxygen atoms in total. The van der Waals surface area contributed by atoms with Crippen molar-refractivity contribution in [1.29, 1.82) is 0 Å². The normalized spacial score (nSPS) is 19.4. The molecule has 114 valence electrons. The van der Waals surface area contributed by atoms with Gasteiger partial charge in [0, 0.05) is 19.0 Å². The number of halogens is 1. The van der Waals surface area contributed by atoms with Crippen molar-refractivity contribution in [3.05, 3.63) is 16.4 Å². The van der Waals surface area contributed by atoms with E-state index in [0.29, 0.717) is 0 Å². The van der Waals surface area contributed by atoms with Gasteiger partial charge < -0.3 is 0 Å². The summed E-state index contributed by atoms with van der Waals surface area (Å²) in [6.45, 7) is 7.39. The molecule has 1 aromatic rings. The van der Waals surface area contributed by atoms with Crippen molar-refractivity contribution < 1.29 is 0 Å². The van der Waals surface area contributed by atoms with Gasteiger partial charge in [0.1, 0.15) is 0 Å². The van der Waals surface area contributed by atoms with E-state index < -0.39 is 0 Å². The summed E-state index contributed by atoms with van der Waals surface area (Å²) in [5.74, 6) is 5.84. The molecule has 2 rings (SSSR count). The molecule has 0 saturated heterocycles. The lowest BCUT2D eigenvalue weighted by Gasteiger charge is -2.33. The van der Waals surface area contributed by atoms with Crippen LogP contribution >= 0.6 is 11.6 Å². The van der Waals surface area contributed by atoms with Crippen LogP contribution in [-0.2, 0) is 19.4 Å². The highest BCUT2D eigenvalue weighted by Crippen LogP contribution is 2.41. The number of hydrogen-bond donors (Lipinski definition) is 2. The van der Waals surface area contributed by atoms with Crippen LogP contribution in [0.5, 0.6) is 0 Å². The van der Waals surface area contributed by atoms with Gasteiger partial charge in [-0.15, -0.1) is 0 Å². The number of aryl methyl sites for hydroxylation is 2. The Balaban J connectivity index is 2.25. The average Bonchev–Trinajstić information content (AvgIpc) is 3.01. The number of nitrogens with one attached hydrogen (secondary N) is 1.